The van der Waals surface area contributed by atoms with E-state index in [-0.39, 0.29) is 17.7 Å². The van der Waals surface area contributed by atoms with Gasteiger partial charge < -0.3 is 10.1 Å². The molecule has 4 heteroatoms. The zero-order chi connectivity index (χ0) is 15.2. The second kappa shape index (κ2) is 6.70. The molecule has 0 spiro atoms. The molecule has 1 atom stereocenters. The Labute approximate surface area is 123 Å². The summed E-state index contributed by atoms with van der Waals surface area (Å²) in [7, 11) is 0. The Balaban J connectivity index is 2.15. The summed E-state index contributed by atoms with van der Waals surface area (Å²) in [6.07, 6.45) is 0. The first-order valence-electron chi connectivity index (χ1n) is 6.71. The number of rotatable bonds is 4. The van der Waals surface area contributed by atoms with E-state index in [0.29, 0.717) is 5.56 Å². The van der Waals surface area contributed by atoms with Crippen LogP contribution in [0.3, 0.4) is 0 Å². The molecule has 1 unspecified atom stereocenters. The fourth-order valence-electron chi connectivity index (χ4n) is 2.00. The van der Waals surface area contributed by atoms with Gasteiger partial charge in [-0.3, -0.25) is 9.59 Å². The molecule has 1 amide bonds. The van der Waals surface area contributed by atoms with Gasteiger partial charge in [0.15, 0.2) is 0 Å². The molecule has 0 aliphatic carbocycles. The predicted molar refractivity (Wildman–Crippen MR) is 80.1 cm³/mol. The third-order valence-corrected chi connectivity index (χ3v) is 3.03. The van der Waals surface area contributed by atoms with Crippen LogP contribution in [-0.2, 0) is 4.79 Å². The van der Waals surface area contributed by atoms with Gasteiger partial charge in [0.25, 0.3) is 5.91 Å². The fourth-order valence-corrected chi connectivity index (χ4v) is 2.00. The summed E-state index contributed by atoms with van der Waals surface area (Å²) >= 11 is 0. The van der Waals surface area contributed by atoms with Gasteiger partial charge in [-0.25, -0.2) is 0 Å². The van der Waals surface area contributed by atoms with Crippen LogP contribution in [0.25, 0.3) is 0 Å². The molecule has 0 fully saturated rings. The Morgan fingerprint density at radius 3 is 2.29 bits per heavy atom. The van der Waals surface area contributed by atoms with Crippen molar-refractivity contribution < 1.29 is 14.3 Å². The summed E-state index contributed by atoms with van der Waals surface area (Å²) in [6, 6.07) is 16.2. The summed E-state index contributed by atoms with van der Waals surface area (Å²) in [6.45, 7) is 3.21. The lowest BCUT2D eigenvalue weighted by Gasteiger charge is -2.15. The van der Waals surface area contributed by atoms with E-state index in [2.05, 4.69) is 5.32 Å². The Kier molecular flexibility index (Phi) is 4.72. The predicted octanol–water partition coefficient (Wildman–Crippen LogP) is 3.10. The standard InChI is InChI=1S/C17H17NO3/c1-12(14-8-4-3-5-9-14)18-17(20)15-10-6-7-11-16(15)21-13(2)19/h3-12H,1-2H3,(H,18,20). The molecule has 0 aliphatic rings. The maximum atomic E-state index is 12.3. The van der Waals surface area contributed by atoms with Crippen LogP contribution in [0.1, 0.15) is 35.8 Å². The van der Waals surface area contributed by atoms with E-state index < -0.39 is 5.97 Å². The molecule has 2 rings (SSSR count). The third-order valence-electron chi connectivity index (χ3n) is 3.03. The van der Waals surface area contributed by atoms with Crippen LogP contribution in [0.5, 0.6) is 5.75 Å². The lowest BCUT2D eigenvalue weighted by Crippen LogP contribution is -2.27. The van der Waals surface area contributed by atoms with Crippen LogP contribution in [0.15, 0.2) is 54.6 Å². The highest BCUT2D eigenvalue weighted by Crippen LogP contribution is 2.20. The molecule has 0 aromatic heterocycles. The van der Waals surface area contributed by atoms with E-state index in [0.717, 1.165) is 5.56 Å². The largest absolute Gasteiger partial charge is 0.426 e. The summed E-state index contributed by atoms with van der Waals surface area (Å²) in [5, 5.41) is 2.90. The van der Waals surface area contributed by atoms with Crippen molar-refractivity contribution >= 4 is 11.9 Å². The highest BCUT2D eigenvalue weighted by Gasteiger charge is 2.16. The highest BCUT2D eigenvalue weighted by molar-refractivity contribution is 5.97. The van der Waals surface area contributed by atoms with E-state index in [1.165, 1.54) is 6.92 Å². The minimum absolute atomic E-state index is 0.135. The zero-order valence-electron chi connectivity index (χ0n) is 12.0. The zero-order valence-corrected chi connectivity index (χ0v) is 12.0. The van der Waals surface area contributed by atoms with Gasteiger partial charge in [-0.1, -0.05) is 42.5 Å². The number of esters is 1. The van der Waals surface area contributed by atoms with Gasteiger partial charge in [0.05, 0.1) is 11.6 Å². The molecule has 0 aliphatic heterocycles. The van der Waals surface area contributed by atoms with Crippen molar-refractivity contribution in [2.45, 2.75) is 19.9 Å². The van der Waals surface area contributed by atoms with Gasteiger partial charge in [0.1, 0.15) is 5.75 Å². The molecule has 0 radical (unpaired) electrons. The lowest BCUT2D eigenvalue weighted by atomic mass is 10.1. The Bertz CT molecular complexity index is 637. The molecule has 1 N–H and O–H groups in total. The van der Waals surface area contributed by atoms with Gasteiger partial charge in [0, 0.05) is 6.92 Å². The molecule has 21 heavy (non-hydrogen) atoms. The smallest absolute Gasteiger partial charge is 0.308 e. The summed E-state index contributed by atoms with van der Waals surface area (Å²) < 4.78 is 5.05. The second-order valence-corrected chi connectivity index (χ2v) is 4.70. The van der Waals surface area contributed by atoms with E-state index in [9.17, 15) is 9.59 Å². The van der Waals surface area contributed by atoms with Gasteiger partial charge in [-0.05, 0) is 24.6 Å². The average Bonchev–Trinajstić information content (AvgIpc) is 2.48. The van der Waals surface area contributed by atoms with Crippen molar-refractivity contribution in [2.75, 3.05) is 0 Å². The maximum absolute atomic E-state index is 12.3. The Morgan fingerprint density at radius 1 is 1.00 bits per heavy atom. The quantitative estimate of drug-likeness (QED) is 0.693. The number of hydrogen-bond donors (Lipinski definition) is 1. The van der Waals surface area contributed by atoms with Gasteiger partial charge in [-0.2, -0.15) is 0 Å². The lowest BCUT2D eigenvalue weighted by molar-refractivity contribution is -0.131. The molecule has 0 bridgehead atoms. The van der Waals surface area contributed by atoms with Crippen LogP contribution in [0.4, 0.5) is 0 Å². The minimum atomic E-state index is -0.452. The van der Waals surface area contributed by atoms with Gasteiger partial charge in [0.2, 0.25) is 0 Å². The van der Waals surface area contributed by atoms with Crippen LogP contribution in [0.2, 0.25) is 0 Å². The molecule has 108 valence electrons. The highest BCUT2D eigenvalue weighted by atomic mass is 16.5. The second-order valence-electron chi connectivity index (χ2n) is 4.70. The summed E-state index contributed by atoms with van der Waals surface area (Å²) in [5.41, 5.74) is 1.35. The number of benzene rings is 2. The number of amides is 1. The molecule has 0 heterocycles. The first kappa shape index (κ1) is 14.8. The van der Waals surface area contributed by atoms with Crippen LogP contribution < -0.4 is 10.1 Å². The maximum Gasteiger partial charge on any atom is 0.308 e. The van der Waals surface area contributed by atoms with Crippen LogP contribution in [-0.4, -0.2) is 11.9 Å². The number of ether oxygens (including phenoxy) is 1. The van der Waals surface area contributed by atoms with Gasteiger partial charge >= 0.3 is 5.97 Å². The monoisotopic (exact) mass is 283 g/mol. The van der Waals surface area contributed by atoms with E-state index in [1.54, 1.807) is 24.3 Å². The van der Waals surface area contributed by atoms with E-state index >= 15 is 0 Å². The molecule has 0 saturated carbocycles. The summed E-state index contributed by atoms with van der Waals surface area (Å²) in [5.74, 6) is -0.461. The molecule has 2 aromatic rings. The molecule has 4 nitrogen and oxygen atoms in total. The van der Waals surface area contributed by atoms with Crippen molar-refractivity contribution in [2.24, 2.45) is 0 Å². The van der Waals surface area contributed by atoms with Crippen molar-refractivity contribution in [3.63, 3.8) is 0 Å². The topological polar surface area (TPSA) is 55.4 Å². The third kappa shape index (κ3) is 3.92. The first-order valence-corrected chi connectivity index (χ1v) is 6.71. The first-order chi connectivity index (χ1) is 10.1. The molecular formula is C17H17NO3. The minimum Gasteiger partial charge on any atom is -0.426 e. The summed E-state index contributed by atoms with van der Waals surface area (Å²) in [4.78, 5) is 23.4. The molecule has 2 aromatic carbocycles. The van der Waals surface area contributed by atoms with Crippen LogP contribution >= 0.6 is 0 Å². The van der Waals surface area contributed by atoms with Crippen molar-refractivity contribution in [1.29, 1.82) is 0 Å². The number of carbonyl (C=O) groups excluding carboxylic acids is 2. The van der Waals surface area contributed by atoms with Crippen LogP contribution in [0, 0.1) is 0 Å². The number of carbonyl (C=O) groups is 2. The van der Waals surface area contributed by atoms with E-state index in [1.807, 2.05) is 37.3 Å². The Hall–Kier alpha value is -2.62. The number of para-hydroxylation sites is 1. The normalized spacial score (nSPS) is 11.5. The fraction of sp³-hybridized carbons (Fsp3) is 0.176. The average molecular weight is 283 g/mol. The van der Waals surface area contributed by atoms with Crippen molar-refractivity contribution in [1.82, 2.24) is 5.32 Å². The number of nitrogens with one attached hydrogen (secondary N) is 1. The van der Waals surface area contributed by atoms with Crippen molar-refractivity contribution in [3.8, 4) is 5.75 Å². The van der Waals surface area contributed by atoms with E-state index in [4.69, 9.17) is 4.74 Å². The van der Waals surface area contributed by atoms with Gasteiger partial charge in [-0.15, -0.1) is 0 Å². The molecule has 0 saturated heterocycles. The van der Waals surface area contributed by atoms with Crippen molar-refractivity contribution in [3.05, 3.63) is 65.7 Å². The Morgan fingerprint density at radius 2 is 1.62 bits per heavy atom. The number of hydrogen-bond acceptors (Lipinski definition) is 3. The molecular weight excluding hydrogens is 266 g/mol. The SMILES string of the molecule is CC(=O)Oc1ccccc1C(=O)NC(C)c1ccccc1.